The highest BCUT2D eigenvalue weighted by molar-refractivity contribution is 5.88. The van der Waals surface area contributed by atoms with Crippen LogP contribution in [0.5, 0.6) is 0 Å². The van der Waals surface area contributed by atoms with E-state index in [1.54, 1.807) is 0 Å². The maximum Gasteiger partial charge on any atom is 0.161 e. The standard InChI is InChI=1S/C12H13N5/c1-7-2-4-8(5-3-7)10-9-11(13)14-6-15-12(9)17-16-10/h2-4,6,8H,5H2,1H3,(H3,13,14,15,16,17). The van der Waals surface area contributed by atoms with Crippen molar-refractivity contribution in [2.24, 2.45) is 0 Å². The number of aromatic amines is 1. The Morgan fingerprint density at radius 3 is 3.06 bits per heavy atom. The van der Waals surface area contributed by atoms with Crippen molar-refractivity contribution < 1.29 is 0 Å². The second-order valence-electron chi connectivity index (χ2n) is 4.24. The highest BCUT2D eigenvalue weighted by Gasteiger charge is 2.18. The predicted octanol–water partition coefficient (Wildman–Crippen LogP) is 1.92. The number of nitrogen functional groups attached to an aromatic ring is 1. The van der Waals surface area contributed by atoms with Gasteiger partial charge < -0.3 is 5.73 Å². The first-order valence-corrected chi connectivity index (χ1v) is 5.55. The number of hydrogen-bond donors (Lipinski definition) is 2. The SMILES string of the molecule is CC1=CCC(c2n[nH]c3ncnc(N)c23)C=C1. The lowest BCUT2D eigenvalue weighted by Crippen LogP contribution is -2.01. The van der Waals surface area contributed by atoms with Gasteiger partial charge in [-0.3, -0.25) is 5.10 Å². The fourth-order valence-corrected chi connectivity index (χ4v) is 2.10. The summed E-state index contributed by atoms with van der Waals surface area (Å²) in [6.45, 7) is 2.09. The number of rotatable bonds is 1. The van der Waals surface area contributed by atoms with Crippen LogP contribution in [0.2, 0.25) is 0 Å². The molecule has 0 saturated heterocycles. The minimum absolute atomic E-state index is 0.251. The molecule has 86 valence electrons. The molecule has 2 aromatic heterocycles. The van der Waals surface area contributed by atoms with Gasteiger partial charge in [-0.25, -0.2) is 9.97 Å². The second kappa shape index (κ2) is 3.69. The first kappa shape index (κ1) is 10.0. The van der Waals surface area contributed by atoms with Crippen LogP contribution in [0.15, 0.2) is 30.1 Å². The number of nitrogens with one attached hydrogen (secondary N) is 1. The van der Waals surface area contributed by atoms with Crippen molar-refractivity contribution in [3.8, 4) is 0 Å². The molecule has 0 bridgehead atoms. The third-order valence-electron chi connectivity index (χ3n) is 3.05. The van der Waals surface area contributed by atoms with Gasteiger partial charge in [-0.1, -0.05) is 23.8 Å². The second-order valence-corrected chi connectivity index (χ2v) is 4.24. The van der Waals surface area contributed by atoms with Gasteiger partial charge in [0.05, 0.1) is 11.1 Å². The van der Waals surface area contributed by atoms with Gasteiger partial charge in [0.15, 0.2) is 5.65 Å². The van der Waals surface area contributed by atoms with E-state index in [9.17, 15) is 0 Å². The average Bonchev–Trinajstić information content (AvgIpc) is 2.75. The maximum atomic E-state index is 5.88. The molecule has 0 radical (unpaired) electrons. The minimum atomic E-state index is 0.251. The quantitative estimate of drug-likeness (QED) is 0.780. The summed E-state index contributed by atoms with van der Waals surface area (Å²) < 4.78 is 0. The van der Waals surface area contributed by atoms with E-state index in [1.807, 2.05) is 0 Å². The smallest absolute Gasteiger partial charge is 0.161 e. The minimum Gasteiger partial charge on any atom is -0.383 e. The first-order chi connectivity index (χ1) is 8.25. The fraction of sp³-hybridized carbons (Fsp3) is 0.250. The van der Waals surface area contributed by atoms with Crippen molar-refractivity contribution in [2.45, 2.75) is 19.3 Å². The highest BCUT2D eigenvalue weighted by atomic mass is 15.2. The molecule has 5 nitrogen and oxygen atoms in total. The molecule has 0 aliphatic heterocycles. The molecule has 1 aliphatic carbocycles. The van der Waals surface area contributed by atoms with Crippen LogP contribution >= 0.6 is 0 Å². The number of nitrogens with two attached hydrogens (primary N) is 1. The summed E-state index contributed by atoms with van der Waals surface area (Å²) in [6, 6.07) is 0. The molecule has 0 saturated carbocycles. The molecule has 2 heterocycles. The number of H-pyrrole nitrogens is 1. The first-order valence-electron chi connectivity index (χ1n) is 5.55. The van der Waals surface area contributed by atoms with Gasteiger partial charge >= 0.3 is 0 Å². The number of fused-ring (bicyclic) bond motifs is 1. The normalized spacial score (nSPS) is 19.6. The van der Waals surface area contributed by atoms with E-state index in [0.29, 0.717) is 11.5 Å². The molecule has 1 atom stereocenters. The predicted molar refractivity (Wildman–Crippen MR) is 66.4 cm³/mol. The Hall–Kier alpha value is -2.17. The number of aromatic nitrogens is 4. The summed E-state index contributed by atoms with van der Waals surface area (Å²) in [6.07, 6.45) is 8.84. The van der Waals surface area contributed by atoms with Gasteiger partial charge in [0.25, 0.3) is 0 Å². The van der Waals surface area contributed by atoms with E-state index < -0.39 is 0 Å². The molecule has 0 aromatic carbocycles. The van der Waals surface area contributed by atoms with Crippen molar-refractivity contribution in [1.82, 2.24) is 20.2 Å². The molecular formula is C12H13N5. The van der Waals surface area contributed by atoms with Crippen LogP contribution in [0.1, 0.15) is 25.0 Å². The van der Waals surface area contributed by atoms with Crippen molar-refractivity contribution in [3.05, 3.63) is 35.8 Å². The van der Waals surface area contributed by atoms with Crippen LogP contribution in [0.3, 0.4) is 0 Å². The summed E-state index contributed by atoms with van der Waals surface area (Å²) in [4.78, 5) is 8.14. The Balaban J connectivity index is 2.10. The monoisotopic (exact) mass is 227 g/mol. The summed E-state index contributed by atoms with van der Waals surface area (Å²) in [5.74, 6) is 0.735. The molecule has 0 amide bonds. The summed E-state index contributed by atoms with van der Waals surface area (Å²) >= 11 is 0. The van der Waals surface area contributed by atoms with Gasteiger partial charge in [0.2, 0.25) is 0 Å². The molecular weight excluding hydrogens is 214 g/mol. The van der Waals surface area contributed by atoms with Crippen molar-refractivity contribution in [3.63, 3.8) is 0 Å². The van der Waals surface area contributed by atoms with Gasteiger partial charge in [0.1, 0.15) is 12.1 Å². The number of anilines is 1. The van der Waals surface area contributed by atoms with Crippen molar-refractivity contribution >= 4 is 16.9 Å². The van der Waals surface area contributed by atoms with Crippen molar-refractivity contribution in [1.29, 1.82) is 0 Å². The van der Waals surface area contributed by atoms with Crippen LogP contribution in [-0.4, -0.2) is 20.2 Å². The molecule has 1 aliphatic rings. The summed E-state index contributed by atoms with van der Waals surface area (Å²) in [5, 5.41) is 8.06. The lowest BCUT2D eigenvalue weighted by atomic mass is 9.93. The van der Waals surface area contributed by atoms with E-state index in [1.165, 1.54) is 11.9 Å². The Kier molecular flexibility index (Phi) is 2.18. The van der Waals surface area contributed by atoms with Gasteiger partial charge in [-0.15, -0.1) is 0 Å². The Morgan fingerprint density at radius 1 is 1.41 bits per heavy atom. The third kappa shape index (κ3) is 1.60. The molecule has 3 N–H and O–H groups in total. The maximum absolute atomic E-state index is 5.88. The van der Waals surface area contributed by atoms with Crippen LogP contribution in [0.4, 0.5) is 5.82 Å². The summed E-state index contributed by atoms with van der Waals surface area (Å²) in [5.41, 5.74) is 8.80. The molecule has 0 fully saturated rings. The molecule has 0 spiro atoms. The van der Waals surface area contributed by atoms with Crippen LogP contribution in [0, 0.1) is 0 Å². The van der Waals surface area contributed by atoms with Gasteiger partial charge in [-0.2, -0.15) is 5.10 Å². The average molecular weight is 227 g/mol. The molecule has 17 heavy (non-hydrogen) atoms. The largest absolute Gasteiger partial charge is 0.383 e. The van der Waals surface area contributed by atoms with Crippen LogP contribution in [-0.2, 0) is 0 Å². The molecule has 3 rings (SSSR count). The van der Waals surface area contributed by atoms with Crippen LogP contribution < -0.4 is 5.73 Å². The van der Waals surface area contributed by atoms with E-state index in [4.69, 9.17) is 5.73 Å². The van der Waals surface area contributed by atoms with Gasteiger partial charge in [0, 0.05) is 5.92 Å². The summed E-state index contributed by atoms with van der Waals surface area (Å²) in [7, 11) is 0. The Morgan fingerprint density at radius 2 is 2.29 bits per heavy atom. The number of allylic oxidation sites excluding steroid dienone is 4. The van der Waals surface area contributed by atoms with Crippen molar-refractivity contribution in [2.75, 3.05) is 5.73 Å². The number of nitrogens with zero attached hydrogens (tertiary/aromatic N) is 3. The number of hydrogen-bond acceptors (Lipinski definition) is 4. The zero-order valence-electron chi connectivity index (χ0n) is 9.51. The lowest BCUT2D eigenvalue weighted by Gasteiger charge is -2.12. The lowest BCUT2D eigenvalue weighted by molar-refractivity contribution is 0.805. The van der Waals surface area contributed by atoms with Gasteiger partial charge in [-0.05, 0) is 13.3 Å². The molecule has 5 heteroatoms. The fourth-order valence-electron chi connectivity index (χ4n) is 2.10. The topological polar surface area (TPSA) is 80.5 Å². The Labute approximate surface area is 98.5 Å². The van der Waals surface area contributed by atoms with E-state index in [0.717, 1.165) is 17.5 Å². The van der Waals surface area contributed by atoms with E-state index in [2.05, 4.69) is 45.3 Å². The Bertz CT molecular complexity index is 623. The van der Waals surface area contributed by atoms with E-state index in [-0.39, 0.29) is 5.92 Å². The highest BCUT2D eigenvalue weighted by Crippen LogP contribution is 2.31. The third-order valence-corrected chi connectivity index (χ3v) is 3.05. The zero-order valence-corrected chi connectivity index (χ0v) is 9.51. The van der Waals surface area contributed by atoms with E-state index >= 15 is 0 Å². The molecule has 2 aromatic rings. The van der Waals surface area contributed by atoms with Crippen LogP contribution in [0.25, 0.3) is 11.0 Å². The molecule has 1 unspecified atom stereocenters. The zero-order chi connectivity index (χ0) is 11.8.